The van der Waals surface area contributed by atoms with E-state index in [2.05, 4.69) is 5.10 Å². The number of aromatic nitrogens is 2. The van der Waals surface area contributed by atoms with Crippen LogP contribution in [0, 0.1) is 10.1 Å². The minimum Gasteiger partial charge on any atom is -0.272 e. The van der Waals surface area contributed by atoms with Crippen molar-refractivity contribution in [1.82, 2.24) is 9.78 Å². The Hall–Kier alpha value is -2.38. The lowest BCUT2D eigenvalue weighted by atomic mass is 10.1. The Kier molecular flexibility index (Phi) is 3.73. The van der Waals surface area contributed by atoms with E-state index in [4.69, 9.17) is 0 Å². The Morgan fingerprint density at radius 3 is 2.35 bits per heavy atom. The molecule has 0 aliphatic carbocycles. The Bertz CT molecular complexity index is 605. The van der Waals surface area contributed by atoms with Crippen LogP contribution in [0.2, 0.25) is 0 Å². The Labute approximate surface area is 111 Å². The van der Waals surface area contributed by atoms with Gasteiger partial charge in [-0.2, -0.15) is 18.3 Å². The molecule has 2 rings (SSSR count). The number of benzene rings is 1. The van der Waals surface area contributed by atoms with Gasteiger partial charge in [0.15, 0.2) is 5.69 Å². The van der Waals surface area contributed by atoms with Crippen LogP contribution < -0.4 is 0 Å². The summed E-state index contributed by atoms with van der Waals surface area (Å²) in [6, 6.07) is 6.79. The van der Waals surface area contributed by atoms with Crippen molar-refractivity contribution in [3.63, 3.8) is 0 Å². The van der Waals surface area contributed by atoms with Crippen molar-refractivity contribution in [2.24, 2.45) is 0 Å². The molecule has 1 aromatic heterocycles. The highest BCUT2D eigenvalue weighted by Gasteiger charge is 2.33. The van der Waals surface area contributed by atoms with Gasteiger partial charge in [0.05, 0.1) is 4.92 Å². The third-order valence-corrected chi connectivity index (χ3v) is 2.71. The Morgan fingerprint density at radius 2 is 1.85 bits per heavy atom. The summed E-state index contributed by atoms with van der Waals surface area (Å²) in [5, 5.41) is 13.9. The van der Waals surface area contributed by atoms with E-state index in [0.717, 1.165) is 11.6 Å². The normalized spacial score (nSPS) is 11.6. The molecule has 1 heterocycles. The third kappa shape index (κ3) is 3.34. The van der Waals surface area contributed by atoms with Crippen LogP contribution in [0.5, 0.6) is 0 Å². The van der Waals surface area contributed by atoms with Gasteiger partial charge in [0.2, 0.25) is 0 Å². The molecule has 0 fully saturated rings. The smallest absolute Gasteiger partial charge is 0.272 e. The molecule has 0 saturated heterocycles. The lowest BCUT2D eigenvalue weighted by Gasteiger charge is -2.03. The van der Waals surface area contributed by atoms with Gasteiger partial charge in [-0.1, -0.05) is 12.1 Å². The van der Waals surface area contributed by atoms with Crippen LogP contribution in [-0.4, -0.2) is 14.7 Å². The summed E-state index contributed by atoms with van der Waals surface area (Å²) in [5.74, 6) is 0. The summed E-state index contributed by atoms with van der Waals surface area (Å²) in [5.41, 5.74) is -0.159. The average molecular weight is 285 g/mol. The van der Waals surface area contributed by atoms with Crippen molar-refractivity contribution < 1.29 is 18.1 Å². The number of nitro benzene ring substituents is 1. The van der Waals surface area contributed by atoms with Crippen LogP contribution in [0.25, 0.3) is 0 Å². The largest absolute Gasteiger partial charge is 0.435 e. The highest BCUT2D eigenvalue weighted by molar-refractivity contribution is 5.32. The monoisotopic (exact) mass is 285 g/mol. The number of non-ortho nitro benzene ring substituents is 1. The molecular weight excluding hydrogens is 275 g/mol. The standard InChI is InChI=1S/C12H10F3N3O2/c13-12(14,15)11-6-8-17(16-11)7-5-9-1-3-10(4-2-9)18(19)20/h1-4,6,8H,5,7H2. The van der Waals surface area contributed by atoms with E-state index in [0.29, 0.717) is 6.42 Å². The number of rotatable bonds is 4. The van der Waals surface area contributed by atoms with Crippen LogP contribution in [-0.2, 0) is 19.1 Å². The fourth-order valence-electron chi connectivity index (χ4n) is 1.67. The maximum Gasteiger partial charge on any atom is 0.435 e. The lowest BCUT2D eigenvalue weighted by molar-refractivity contribution is -0.384. The highest BCUT2D eigenvalue weighted by atomic mass is 19.4. The minimum absolute atomic E-state index is 0.0211. The quantitative estimate of drug-likeness (QED) is 0.640. The molecule has 8 heteroatoms. The topological polar surface area (TPSA) is 61.0 Å². The van der Waals surface area contributed by atoms with Crippen molar-refractivity contribution in [3.8, 4) is 0 Å². The summed E-state index contributed by atoms with van der Waals surface area (Å²) in [6.07, 6.45) is -2.75. The molecule has 0 spiro atoms. The van der Waals surface area contributed by atoms with Crippen LogP contribution >= 0.6 is 0 Å². The molecule has 5 nitrogen and oxygen atoms in total. The van der Waals surface area contributed by atoms with E-state index in [-0.39, 0.29) is 12.2 Å². The minimum atomic E-state index is -4.45. The predicted molar refractivity (Wildman–Crippen MR) is 64.0 cm³/mol. The zero-order valence-electron chi connectivity index (χ0n) is 10.2. The number of halogens is 3. The van der Waals surface area contributed by atoms with Crippen molar-refractivity contribution in [2.75, 3.05) is 0 Å². The maximum atomic E-state index is 12.3. The maximum absolute atomic E-state index is 12.3. The van der Waals surface area contributed by atoms with E-state index >= 15 is 0 Å². The van der Waals surface area contributed by atoms with Gasteiger partial charge in [0.25, 0.3) is 5.69 Å². The molecule has 0 unspecified atom stereocenters. The summed E-state index contributed by atoms with van der Waals surface area (Å²) < 4.78 is 38.2. The number of nitrogens with zero attached hydrogens (tertiary/aromatic N) is 3. The molecule has 20 heavy (non-hydrogen) atoms. The van der Waals surface area contributed by atoms with Crippen LogP contribution in [0.15, 0.2) is 36.5 Å². The molecule has 106 valence electrons. The van der Waals surface area contributed by atoms with E-state index in [1.54, 1.807) is 12.1 Å². The molecular formula is C12H10F3N3O2. The van der Waals surface area contributed by atoms with Gasteiger partial charge in [0.1, 0.15) is 0 Å². The molecule has 0 atom stereocenters. The van der Waals surface area contributed by atoms with E-state index in [1.165, 1.54) is 23.0 Å². The molecule has 0 aliphatic heterocycles. The first-order valence-electron chi connectivity index (χ1n) is 5.70. The molecule has 0 radical (unpaired) electrons. The molecule has 0 aliphatic rings. The SMILES string of the molecule is O=[N+]([O-])c1ccc(CCn2ccc(C(F)(F)F)n2)cc1. The first-order chi connectivity index (χ1) is 9.36. The van der Waals surface area contributed by atoms with Gasteiger partial charge in [-0.15, -0.1) is 0 Å². The van der Waals surface area contributed by atoms with E-state index in [9.17, 15) is 23.3 Å². The second kappa shape index (κ2) is 5.32. The van der Waals surface area contributed by atoms with Crippen LogP contribution in [0.4, 0.5) is 18.9 Å². The second-order valence-corrected chi connectivity index (χ2v) is 4.14. The van der Waals surface area contributed by atoms with Gasteiger partial charge in [0, 0.05) is 24.9 Å². The second-order valence-electron chi connectivity index (χ2n) is 4.14. The van der Waals surface area contributed by atoms with Crippen molar-refractivity contribution in [1.29, 1.82) is 0 Å². The first-order valence-corrected chi connectivity index (χ1v) is 5.70. The van der Waals surface area contributed by atoms with Gasteiger partial charge in [-0.3, -0.25) is 14.8 Å². The molecule has 0 saturated carbocycles. The number of alkyl halides is 3. The Morgan fingerprint density at radius 1 is 1.20 bits per heavy atom. The number of hydrogen-bond donors (Lipinski definition) is 0. The van der Waals surface area contributed by atoms with Gasteiger partial charge < -0.3 is 0 Å². The summed E-state index contributed by atoms with van der Waals surface area (Å²) in [7, 11) is 0. The Balaban J connectivity index is 1.98. The van der Waals surface area contributed by atoms with Gasteiger partial charge in [-0.05, 0) is 18.1 Å². The zero-order chi connectivity index (χ0) is 14.8. The molecule has 1 aromatic carbocycles. The fourth-order valence-corrected chi connectivity index (χ4v) is 1.67. The van der Waals surface area contributed by atoms with Gasteiger partial charge >= 0.3 is 6.18 Å². The lowest BCUT2D eigenvalue weighted by Crippen LogP contribution is -2.08. The summed E-state index contributed by atoms with van der Waals surface area (Å²) >= 11 is 0. The van der Waals surface area contributed by atoms with Crippen LogP contribution in [0.1, 0.15) is 11.3 Å². The highest BCUT2D eigenvalue weighted by Crippen LogP contribution is 2.27. The summed E-state index contributed by atoms with van der Waals surface area (Å²) in [4.78, 5) is 9.97. The fraction of sp³-hybridized carbons (Fsp3) is 0.250. The van der Waals surface area contributed by atoms with E-state index < -0.39 is 16.8 Å². The van der Waals surface area contributed by atoms with Crippen LogP contribution in [0.3, 0.4) is 0 Å². The third-order valence-electron chi connectivity index (χ3n) is 2.71. The molecule has 2 aromatic rings. The molecule has 0 amide bonds. The number of aryl methyl sites for hydroxylation is 2. The predicted octanol–water partition coefficient (Wildman–Crippen LogP) is 3.05. The van der Waals surface area contributed by atoms with Crippen molar-refractivity contribution in [2.45, 2.75) is 19.1 Å². The van der Waals surface area contributed by atoms with Crippen molar-refractivity contribution in [3.05, 3.63) is 57.9 Å². The molecule has 0 N–H and O–H groups in total. The first kappa shape index (κ1) is 14.0. The number of nitro groups is 1. The average Bonchev–Trinajstić information content (AvgIpc) is 2.85. The molecule has 0 bridgehead atoms. The van der Waals surface area contributed by atoms with Gasteiger partial charge in [-0.25, -0.2) is 0 Å². The number of hydrogen-bond acceptors (Lipinski definition) is 3. The summed E-state index contributed by atoms with van der Waals surface area (Å²) in [6.45, 7) is 0.272. The van der Waals surface area contributed by atoms with E-state index in [1.807, 2.05) is 0 Å². The van der Waals surface area contributed by atoms with Crippen molar-refractivity contribution >= 4 is 5.69 Å². The zero-order valence-corrected chi connectivity index (χ0v) is 10.2.